The molecule has 0 aromatic heterocycles. The molecule has 0 unspecified atom stereocenters. The fourth-order valence-electron chi connectivity index (χ4n) is 3.98. The number of rotatable bonds is 10. The largest absolute Gasteiger partial charge is 0.463 e. The molecule has 0 aliphatic carbocycles. The Kier molecular flexibility index (Phi) is 12.1. The number of hydrogen-bond donors (Lipinski definition) is 0. The molecule has 220 valence electrons. The fraction of sp³-hybridized carbons (Fsp3) is 0.739. The third-order valence-corrected chi connectivity index (χ3v) is 5.97. The van der Waals surface area contributed by atoms with E-state index in [0.717, 1.165) is 34.6 Å². The molecule has 9 atom stereocenters. The van der Waals surface area contributed by atoms with Crippen LogP contribution < -0.4 is 0 Å². The second-order valence-corrected chi connectivity index (χ2v) is 9.48. The molecule has 2 heterocycles. The molecule has 0 aromatic rings. The maximum Gasteiger partial charge on any atom is 0.303 e. The van der Waals surface area contributed by atoms with Gasteiger partial charge in [-0.15, -0.1) is 0 Å². The summed E-state index contributed by atoms with van der Waals surface area (Å²) in [4.78, 5) is 70.2. The highest BCUT2D eigenvalue weighted by atomic mass is 79.9. The van der Waals surface area contributed by atoms with Crippen molar-refractivity contribution in [1.29, 1.82) is 0 Å². The van der Waals surface area contributed by atoms with Gasteiger partial charge in [0.1, 0.15) is 18.8 Å². The molecular weight excluding hydrogens is 596 g/mol. The lowest BCUT2D eigenvalue weighted by Crippen LogP contribution is -2.61. The molecule has 0 spiro atoms. The van der Waals surface area contributed by atoms with Crippen molar-refractivity contribution in [2.24, 2.45) is 0 Å². The van der Waals surface area contributed by atoms with Crippen molar-refractivity contribution in [3.05, 3.63) is 0 Å². The van der Waals surface area contributed by atoms with Crippen LogP contribution in [0.5, 0.6) is 0 Å². The Labute approximate surface area is 232 Å². The quantitative estimate of drug-likeness (QED) is 0.180. The van der Waals surface area contributed by atoms with Crippen molar-refractivity contribution >= 4 is 51.7 Å². The molecule has 15 nitrogen and oxygen atoms in total. The molecule has 0 N–H and O–H groups in total. The van der Waals surface area contributed by atoms with Gasteiger partial charge in [-0.3, -0.25) is 28.8 Å². The monoisotopic (exact) mass is 626 g/mol. The van der Waals surface area contributed by atoms with Gasteiger partial charge in [-0.1, -0.05) is 15.9 Å². The standard InChI is InChI=1S/C23H31BrO15/c1-9(25)31-7-16-18(34-11(3)27)21(37-14(6)30)23(39-16)32-8-15-17(33-10(2)26)19(35-12(4)28)20(22(24)38-15)36-13(5)29/h15-23H,7-8H2,1-6H3/t15-,16-,17+,18-,19+,20-,21-,22-,23-/m1/s1. The summed E-state index contributed by atoms with van der Waals surface area (Å²) in [6.07, 6.45) is -9.80. The SMILES string of the molecule is CC(=O)OC[C@H]1O[C@@H](OC[C@H]2O[C@@H](Br)[C@H](OC(C)=O)[C@@H](OC(C)=O)[C@H]2OC(C)=O)[C@H](OC(C)=O)[C@@H]1OC(C)=O. The summed E-state index contributed by atoms with van der Waals surface area (Å²) < 4.78 is 48.9. The summed E-state index contributed by atoms with van der Waals surface area (Å²) in [5.41, 5.74) is 0. The maximum absolute atomic E-state index is 11.9. The first kappa shape index (κ1) is 32.4. The minimum Gasteiger partial charge on any atom is -0.463 e. The van der Waals surface area contributed by atoms with Crippen LogP contribution in [-0.4, -0.2) is 103 Å². The first-order chi connectivity index (χ1) is 18.2. The molecule has 2 aliphatic heterocycles. The van der Waals surface area contributed by atoms with Crippen LogP contribution in [0.1, 0.15) is 41.5 Å². The molecule has 2 saturated heterocycles. The first-order valence-electron chi connectivity index (χ1n) is 11.8. The second kappa shape index (κ2) is 14.5. The van der Waals surface area contributed by atoms with E-state index in [1.165, 1.54) is 6.92 Å². The highest BCUT2D eigenvalue weighted by Gasteiger charge is 2.54. The lowest BCUT2D eigenvalue weighted by atomic mass is 9.99. The van der Waals surface area contributed by atoms with E-state index in [4.69, 9.17) is 42.6 Å². The van der Waals surface area contributed by atoms with Crippen molar-refractivity contribution in [3.63, 3.8) is 0 Å². The molecular formula is C23H31BrO15. The normalized spacial score (nSPS) is 31.9. The van der Waals surface area contributed by atoms with Crippen LogP contribution in [0.3, 0.4) is 0 Å². The molecule has 0 bridgehead atoms. The van der Waals surface area contributed by atoms with Crippen LogP contribution in [0, 0.1) is 0 Å². The van der Waals surface area contributed by atoms with E-state index in [9.17, 15) is 28.8 Å². The van der Waals surface area contributed by atoms with E-state index in [1.54, 1.807) is 0 Å². The van der Waals surface area contributed by atoms with Gasteiger partial charge in [0.25, 0.3) is 0 Å². The summed E-state index contributed by atoms with van der Waals surface area (Å²) in [5, 5.41) is -1.02. The zero-order chi connectivity index (χ0) is 29.4. The van der Waals surface area contributed by atoms with Crippen LogP contribution in [0.4, 0.5) is 0 Å². The van der Waals surface area contributed by atoms with Crippen LogP contribution in [0.25, 0.3) is 0 Å². The number of halogens is 1. The first-order valence-corrected chi connectivity index (χ1v) is 12.7. The van der Waals surface area contributed by atoms with Gasteiger partial charge in [0.05, 0.1) is 6.61 Å². The van der Waals surface area contributed by atoms with Gasteiger partial charge in [-0.2, -0.15) is 0 Å². The van der Waals surface area contributed by atoms with E-state index in [-0.39, 0.29) is 6.61 Å². The molecule has 2 aliphatic rings. The molecule has 16 heteroatoms. The van der Waals surface area contributed by atoms with Crippen molar-refractivity contribution in [2.75, 3.05) is 13.2 Å². The summed E-state index contributed by atoms with van der Waals surface area (Å²) in [7, 11) is 0. The van der Waals surface area contributed by atoms with E-state index < -0.39 is 96.5 Å². The molecule has 0 radical (unpaired) electrons. The predicted molar refractivity (Wildman–Crippen MR) is 127 cm³/mol. The van der Waals surface area contributed by atoms with Crippen molar-refractivity contribution < 1.29 is 71.4 Å². The molecule has 2 rings (SSSR count). The smallest absolute Gasteiger partial charge is 0.303 e. The number of esters is 6. The Morgan fingerprint density at radius 1 is 0.538 bits per heavy atom. The minimum absolute atomic E-state index is 0.344. The third-order valence-electron chi connectivity index (χ3n) is 5.23. The molecule has 0 amide bonds. The van der Waals surface area contributed by atoms with Gasteiger partial charge in [0.2, 0.25) is 0 Å². The summed E-state index contributed by atoms with van der Waals surface area (Å²) in [5.74, 6) is -4.30. The van der Waals surface area contributed by atoms with Gasteiger partial charge in [-0.05, 0) is 0 Å². The van der Waals surface area contributed by atoms with Crippen LogP contribution in [0.15, 0.2) is 0 Å². The zero-order valence-electron chi connectivity index (χ0n) is 22.1. The minimum atomic E-state index is -1.35. The lowest BCUT2D eigenvalue weighted by molar-refractivity contribution is -0.252. The van der Waals surface area contributed by atoms with E-state index >= 15 is 0 Å². The highest BCUT2D eigenvalue weighted by molar-refractivity contribution is 9.09. The van der Waals surface area contributed by atoms with Crippen LogP contribution in [-0.2, 0) is 71.4 Å². The number of carbonyl (C=O) groups is 6. The topological polar surface area (TPSA) is 185 Å². The summed E-state index contributed by atoms with van der Waals surface area (Å²) >= 11 is 3.23. The third kappa shape index (κ3) is 9.70. The molecule has 2 fully saturated rings. The lowest BCUT2D eigenvalue weighted by Gasteiger charge is -2.43. The molecule has 0 aromatic carbocycles. The Morgan fingerprint density at radius 2 is 0.949 bits per heavy atom. The van der Waals surface area contributed by atoms with Gasteiger partial charge in [0.15, 0.2) is 41.8 Å². The van der Waals surface area contributed by atoms with Crippen LogP contribution in [0.2, 0.25) is 0 Å². The Hall–Kier alpha value is -2.82. The van der Waals surface area contributed by atoms with E-state index in [1.807, 2.05) is 0 Å². The average molecular weight is 627 g/mol. The number of hydrogen-bond acceptors (Lipinski definition) is 15. The van der Waals surface area contributed by atoms with E-state index in [0.29, 0.717) is 0 Å². The Balaban J connectivity index is 2.31. The Morgan fingerprint density at radius 3 is 1.44 bits per heavy atom. The van der Waals surface area contributed by atoms with Gasteiger partial charge >= 0.3 is 35.8 Å². The van der Waals surface area contributed by atoms with Crippen molar-refractivity contribution in [1.82, 2.24) is 0 Å². The zero-order valence-corrected chi connectivity index (χ0v) is 23.7. The van der Waals surface area contributed by atoms with Crippen LogP contribution >= 0.6 is 15.9 Å². The maximum atomic E-state index is 11.9. The van der Waals surface area contributed by atoms with Gasteiger partial charge in [-0.25, -0.2) is 0 Å². The number of ether oxygens (including phenoxy) is 9. The highest BCUT2D eigenvalue weighted by Crippen LogP contribution is 2.33. The molecule has 39 heavy (non-hydrogen) atoms. The number of alkyl halides is 1. The van der Waals surface area contributed by atoms with Gasteiger partial charge in [0, 0.05) is 41.5 Å². The van der Waals surface area contributed by atoms with Gasteiger partial charge < -0.3 is 42.6 Å². The predicted octanol–water partition coefficient (Wildman–Crippen LogP) is 0.0693. The fourth-order valence-corrected chi connectivity index (χ4v) is 4.66. The second-order valence-electron chi connectivity index (χ2n) is 8.57. The number of carbonyl (C=O) groups excluding carboxylic acids is 6. The molecule has 0 saturated carbocycles. The summed E-state index contributed by atoms with van der Waals surface area (Å²) in [6.45, 7) is 6.05. The summed E-state index contributed by atoms with van der Waals surface area (Å²) in [6, 6.07) is 0. The average Bonchev–Trinajstić information content (AvgIpc) is 3.09. The van der Waals surface area contributed by atoms with E-state index in [2.05, 4.69) is 15.9 Å². The van der Waals surface area contributed by atoms with Crippen molar-refractivity contribution in [2.45, 2.75) is 95.6 Å². The van der Waals surface area contributed by atoms with Crippen molar-refractivity contribution in [3.8, 4) is 0 Å². The Bertz CT molecular complexity index is 938.